The summed E-state index contributed by atoms with van der Waals surface area (Å²) in [6.07, 6.45) is 7.72. The van der Waals surface area contributed by atoms with Crippen LogP contribution in [0.25, 0.3) is 5.57 Å². The van der Waals surface area contributed by atoms with E-state index in [1.54, 1.807) is 16.7 Å². The molecule has 8 heteroatoms. The van der Waals surface area contributed by atoms with Gasteiger partial charge in [0.25, 0.3) is 0 Å². The first-order valence-electron chi connectivity index (χ1n) is 9.48. The minimum atomic E-state index is -0.503. The van der Waals surface area contributed by atoms with Gasteiger partial charge in [0.1, 0.15) is 11.8 Å². The van der Waals surface area contributed by atoms with E-state index in [1.165, 1.54) is 11.8 Å². The predicted octanol–water partition coefficient (Wildman–Crippen LogP) is 3.15. The van der Waals surface area contributed by atoms with Crippen LogP contribution in [0, 0.1) is 10.1 Å². The number of hydrogen-bond acceptors (Lipinski definition) is 6. The third kappa shape index (κ3) is 3.71. The Kier molecular flexibility index (Phi) is 4.79. The van der Waals surface area contributed by atoms with Gasteiger partial charge in [0.05, 0.1) is 12.2 Å². The lowest BCUT2D eigenvalue weighted by atomic mass is 10.00. The topological polar surface area (TPSA) is 86.3 Å². The van der Waals surface area contributed by atoms with Crippen LogP contribution in [0.3, 0.4) is 0 Å². The molecular formula is C21H23N5O3. The minimum absolute atomic E-state index is 0.180. The third-order valence-corrected chi connectivity index (χ3v) is 5.26. The monoisotopic (exact) mass is 393 g/mol. The van der Waals surface area contributed by atoms with Crippen molar-refractivity contribution < 1.29 is 9.66 Å². The quantitative estimate of drug-likeness (QED) is 0.426. The lowest BCUT2D eigenvalue weighted by molar-refractivity contribution is -0.389. The largest absolute Gasteiger partial charge is 0.436 e. The number of nitro groups is 1. The van der Waals surface area contributed by atoms with Crippen molar-refractivity contribution >= 4 is 11.4 Å². The molecule has 0 radical (unpaired) electrons. The standard InChI is InChI=1S/C21H23N5O3/c1-4-6-15(5-2)17-8-7-16-11-24(10-9-18(16)22-17)13-21(3)14-25-12-19(26(27)28)23-20(25)29-21/h4-8,12H,1-2,9-11,13-14H2,3H3/b15-6+. The van der Waals surface area contributed by atoms with Crippen molar-refractivity contribution in [3.63, 3.8) is 0 Å². The molecule has 2 aromatic heterocycles. The first-order chi connectivity index (χ1) is 13.9. The lowest BCUT2D eigenvalue weighted by Crippen LogP contribution is -2.46. The van der Waals surface area contributed by atoms with Gasteiger partial charge < -0.3 is 14.9 Å². The number of hydrogen-bond donors (Lipinski definition) is 0. The van der Waals surface area contributed by atoms with E-state index in [-0.39, 0.29) is 5.82 Å². The Hall–Kier alpha value is -3.26. The summed E-state index contributed by atoms with van der Waals surface area (Å²) in [6, 6.07) is 4.45. The Balaban J connectivity index is 1.44. The van der Waals surface area contributed by atoms with Crippen LogP contribution >= 0.6 is 0 Å². The van der Waals surface area contributed by atoms with Gasteiger partial charge in [-0.15, -0.1) is 0 Å². The first kappa shape index (κ1) is 19.1. The molecule has 0 N–H and O–H groups in total. The predicted molar refractivity (Wildman–Crippen MR) is 110 cm³/mol. The number of rotatable bonds is 6. The highest BCUT2D eigenvalue weighted by Crippen LogP contribution is 2.32. The molecule has 150 valence electrons. The molecule has 0 amide bonds. The van der Waals surface area contributed by atoms with Crippen LogP contribution < -0.4 is 4.74 Å². The van der Waals surface area contributed by atoms with Crippen LogP contribution in [0.2, 0.25) is 0 Å². The van der Waals surface area contributed by atoms with Gasteiger partial charge >= 0.3 is 11.8 Å². The van der Waals surface area contributed by atoms with Crippen molar-refractivity contribution in [3.05, 3.63) is 76.8 Å². The average molecular weight is 393 g/mol. The molecule has 0 aromatic carbocycles. The number of allylic oxidation sites excluding steroid dienone is 4. The summed E-state index contributed by atoms with van der Waals surface area (Å²) in [7, 11) is 0. The molecule has 2 aliphatic rings. The molecule has 2 aromatic rings. The van der Waals surface area contributed by atoms with E-state index in [4.69, 9.17) is 9.72 Å². The molecule has 0 bridgehead atoms. The molecule has 0 fully saturated rings. The number of imidazole rings is 1. The van der Waals surface area contributed by atoms with Gasteiger partial charge in [-0.3, -0.25) is 14.5 Å². The highest BCUT2D eigenvalue weighted by Gasteiger charge is 2.41. The molecule has 29 heavy (non-hydrogen) atoms. The van der Waals surface area contributed by atoms with Crippen LogP contribution in [0.1, 0.15) is 23.9 Å². The van der Waals surface area contributed by atoms with E-state index < -0.39 is 10.5 Å². The molecule has 1 unspecified atom stereocenters. The average Bonchev–Trinajstić information content (AvgIpc) is 3.20. The van der Waals surface area contributed by atoms with Crippen molar-refractivity contribution in [2.45, 2.75) is 32.0 Å². The minimum Gasteiger partial charge on any atom is -0.436 e. The summed E-state index contributed by atoms with van der Waals surface area (Å²) in [5, 5.41) is 10.9. The molecule has 0 saturated carbocycles. The fourth-order valence-electron chi connectivity index (χ4n) is 3.99. The second kappa shape index (κ2) is 7.29. The smallest absolute Gasteiger partial charge is 0.415 e. The molecular weight excluding hydrogens is 370 g/mol. The van der Waals surface area contributed by atoms with Crippen molar-refractivity contribution in [2.24, 2.45) is 0 Å². The summed E-state index contributed by atoms with van der Waals surface area (Å²) in [5.74, 6) is -0.180. The molecule has 0 spiro atoms. The van der Waals surface area contributed by atoms with Gasteiger partial charge in [-0.1, -0.05) is 37.5 Å². The Bertz CT molecular complexity index is 1000. The number of ether oxygens (including phenoxy) is 1. The van der Waals surface area contributed by atoms with Crippen LogP contribution in [0.5, 0.6) is 6.01 Å². The van der Waals surface area contributed by atoms with E-state index >= 15 is 0 Å². The Morgan fingerprint density at radius 2 is 2.24 bits per heavy atom. The molecule has 1 atom stereocenters. The van der Waals surface area contributed by atoms with E-state index in [1.807, 2.05) is 19.1 Å². The van der Waals surface area contributed by atoms with E-state index in [0.717, 1.165) is 36.5 Å². The summed E-state index contributed by atoms with van der Waals surface area (Å²) in [4.78, 5) is 21.5. The summed E-state index contributed by atoms with van der Waals surface area (Å²) < 4.78 is 7.69. The van der Waals surface area contributed by atoms with E-state index in [0.29, 0.717) is 19.1 Å². The Labute approximate surface area is 169 Å². The maximum atomic E-state index is 10.9. The number of nitrogens with zero attached hydrogens (tertiary/aromatic N) is 5. The Morgan fingerprint density at radius 3 is 2.93 bits per heavy atom. The number of fused-ring (bicyclic) bond motifs is 2. The van der Waals surface area contributed by atoms with Crippen LogP contribution in [-0.4, -0.2) is 43.0 Å². The zero-order valence-electron chi connectivity index (χ0n) is 16.4. The van der Waals surface area contributed by atoms with Gasteiger partial charge in [0.2, 0.25) is 0 Å². The van der Waals surface area contributed by atoms with Crippen molar-refractivity contribution in [2.75, 3.05) is 13.1 Å². The van der Waals surface area contributed by atoms with Gasteiger partial charge in [0.15, 0.2) is 0 Å². The SMILES string of the molecule is C=C/C=C(\C=C)c1ccc2c(n1)CCN(CC1(C)Cn3cc([N+](=O)[O-])nc3O1)C2. The molecule has 0 saturated heterocycles. The maximum absolute atomic E-state index is 10.9. The normalized spacial score (nSPS) is 21.2. The zero-order chi connectivity index (χ0) is 20.6. The fourth-order valence-corrected chi connectivity index (χ4v) is 3.99. The van der Waals surface area contributed by atoms with Crippen molar-refractivity contribution in [1.82, 2.24) is 19.4 Å². The molecule has 8 nitrogen and oxygen atoms in total. The lowest BCUT2D eigenvalue weighted by Gasteiger charge is -2.34. The van der Waals surface area contributed by atoms with Crippen LogP contribution in [0.4, 0.5) is 5.82 Å². The van der Waals surface area contributed by atoms with Crippen LogP contribution in [-0.2, 0) is 19.5 Å². The highest BCUT2D eigenvalue weighted by atomic mass is 16.6. The molecule has 4 rings (SSSR count). The summed E-state index contributed by atoms with van der Waals surface area (Å²) >= 11 is 0. The summed E-state index contributed by atoms with van der Waals surface area (Å²) in [5.41, 5.74) is 3.71. The number of aromatic nitrogens is 3. The van der Waals surface area contributed by atoms with Gasteiger partial charge in [-0.25, -0.2) is 0 Å². The second-order valence-corrected chi connectivity index (χ2v) is 7.64. The van der Waals surface area contributed by atoms with E-state index in [9.17, 15) is 10.1 Å². The van der Waals surface area contributed by atoms with Crippen LogP contribution in [0.15, 0.2) is 49.7 Å². The van der Waals surface area contributed by atoms with E-state index in [2.05, 4.69) is 29.1 Å². The van der Waals surface area contributed by atoms with Gasteiger partial charge in [-0.05, 0) is 29.0 Å². The Morgan fingerprint density at radius 1 is 1.41 bits per heavy atom. The molecule has 2 aliphatic heterocycles. The molecule has 0 aliphatic carbocycles. The first-order valence-corrected chi connectivity index (χ1v) is 9.48. The third-order valence-electron chi connectivity index (χ3n) is 5.26. The van der Waals surface area contributed by atoms with Crippen molar-refractivity contribution in [1.29, 1.82) is 0 Å². The molecule has 4 heterocycles. The number of pyridine rings is 1. The van der Waals surface area contributed by atoms with Gasteiger partial charge in [-0.2, -0.15) is 0 Å². The maximum Gasteiger partial charge on any atom is 0.415 e. The van der Waals surface area contributed by atoms with Gasteiger partial charge in [0, 0.05) is 36.7 Å². The zero-order valence-corrected chi connectivity index (χ0v) is 16.4. The summed E-state index contributed by atoms with van der Waals surface area (Å²) in [6.45, 7) is 12.5. The van der Waals surface area contributed by atoms with Crippen molar-refractivity contribution in [3.8, 4) is 6.01 Å². The second-order valence-electron chi connectivity index (χ2n) is 7.64. The fraction of sp³-hybridized carbons (Fsp3) is 0.333. The highest BCUT2D eigenvalue weighted by molar-refractivity contribution is 5.72.